The van der Waals surface area contributed by atoms with Crippen molar-refractivity contribution >= 4 is 23.8 Å². The second-order valence-corrected chi connectivity index (χ2v) is 2.17. The molecule has 1 heterocycles. The summed E-state index contributed by atoms with van der Waals surface area (Å²) in [5.74, 6) is -0.995. The molecule has 0 radical (unpaired) electrons. The molecule has 0 bridgehead atoms. The van der Waals surface area contributed by atoms with E-state index in [1.165, 1.54) is 0 Å². The molecule has 0 saturated heterocycles. The Morgan fingerprint density at radius 1 is 1.29 bits per heavy atom. The predicted molar refractivity (Wildman–Crippen MR) is 48.7 cm³/mol. The van der Waals surface area contributed by atoms with Gasteiger partial charge in [-0.3, -0.25) is 5.41 Å². The van der Waals surface area contributed by atoms with Gasteiger partial charge in [0.15, 0.2) is 6.19 Å². The highest BCUT2D eigenvalue weighted by Crippen LogP contribution is 2.08. The topological polar surface area (TPSA) is 168 Å². The molecule has 0 fully saturated rings. The van der Waals surface area contributed by atoms with Crippen LogP contribution < -0.4 is 22.1 Å². The molecule has 0 atom stereocenters. The van der Waals surface area contributed by atoms with Crippen LogP contribution in [0.15, 0.2) is 0 Å². The number of nitrogens with one attached hydrogen (secondary N) is 1. The molecule has 1 aromatic rings. The van der Waals surface area contributed by atoms with Gasteiger partial charge < -0.3 is 17.2 Å². The molecule has 14 heavy (non-hydrogen) atoms. The summed E-state index contributed by atoms with van der Waals surface area (Å²) in [5, 5.41) is 15.6. The van der Waals surface area contributed by atoms with Crippen molar-refractivity contribution in [1.82, 2.24) is 15.0 Å². The zero-order chi connectivity index (χ0) is 10.7. The summed E-state index contributed by atoms with van der Waals surface area (Å²) in [4.78, 5) is 11.3. The van der Waals surface area contributed by atoms with Gasteiger partial charge in [-0.1, -0.05) is 0 Å². The standard InChI is InChI=1S/C5H7N9/c6-1-14(2(7)8)5-12-3(9)11-4(10)13-5/h(H3,7,8)(H4,9,10,11,12,13). The highest BCUT2D eigenvalue weighted by atomic mass is 15.3. The van der Waals surface area contributed by atoms with Gasteiger partial charge in [-0.05, 0) is 0 Å². The summed E-state index contributed by atoms with van der Waals surface area (Å²) in [6.45, 7) is 0. The lowest BCUT2D eigenvalue weighted by Crippen LogP contribution is -2.33. The number of rotatable bonds is 1. The summed E-state index contributed by atoms with van der Waals surface area (Å²) in [6.07, 6.45) is 1.59. The van der Waals surface area contributed by atoms with Crippen molar-refractivity contribution in [3.05, 3.63) is 0 Å². The quantitative estimate of drug-likeness (QED) is 0.175. The van der Waals surface area contributed by atoms with Gasteiger partial charge in [-0.25, -0.2) is 0 Å². The predicted octanol–water partition coefficient (Wildman–Crippen LogP) is -1.78. The summed E-state index contributed by atoms with van der Waals surface area (Å²) >= 11 is 0. The third kappa shape index (κ3) is 1.75. The van der Waals surface area contributed by atoms with E-state index in [9.17, 15) is 0 Å². The Balaban J connectivity index is 3.18. The van der Waals surface area contributed by atoms with E-state index in [1.54, 1.807) is 6.19 Å². The average molecular weight is 193 g/mol. The fourth-order valence-corrected chi connectivity index (χ4v) is 0.704. The van der Waals surface area contributed by atoms with Gasteiger partial charge >= 0.3 is 0 Å². The minimum atomic E-state index is -0.530. The number of anilines is 3. The third-order valence-corrected chi connectivity index (χ3v) is 1.20. The number of aromatic nitrogens is 3. The van der Waals surface area contributed by atoms with E-state index < -0.39 is 5.96 Å². The monoisotopic (exact) mass is 193 g/mol. The number of hydrogen-bond donors (Lipinski definition) is 4. The van der Waals surface area contributed by atoms with E-state index in [-0.39, 0.29) is 17.8 Å². The molecule has 1 rings (SSSR count). The van der Waals surface area contributed by atoms with Crippen molar-refractivity contribution in [3.8, 4) is 6.19 Å². The molecule has 0 saturated carbocycles. The summed E-state index contributed by atoms with van der Waals surface area (Å²) in [5.41, 5.74) is 15.6. The highest BCUT2D eigenvalue weighted by Gasteiger charge is 2.13. The van der Waals surface area contributed by atoms with Gasteiger partial charge in [-0.2, -0.15) is 25.1 Å². The largest absolute Gasteiger partial charge is 0.369 e. The number of nitrogen functional groups attached to an aromatic ring is 2. The van der Waals surface area contributed by atoms with Gasteiger partial charge in [0.05, 0.1) is 0 Å². The molecular formula is C5H7N9. The Bertz CT molecular complexity index is 384. The van der Waals surface area contributed by atoms with Crippen LogP contribution >= 0.6 is 0 Å². The van der Waals surface area contributed by atoms with Gasteiger partial charge in [0.1, 0.15) is 0 Å². The number of nitrogens with two attached hydrogens (primary N) is 3. The van der Waals surface area contributed by atoms with Crippen molar-refractivity contribution in [3.63, 3.8) is 0 Å². The number of nitriles is 1. The van der Waals surface area contributed by atoms with E-state index in [0.717, 1.165) is 0 Å². The Labute approximate surface area is 78.7 Å². The molecule has 72 valence electrons. The van der Waals surface area contributed by atoms with Gasteiger partial charge in [0, 0.05) is 0 Å². The molecule has 7 N–H and O–H groups in total. The van der Waals surface area contributed by atoms with Crippen LogP contribution in [0.3, 0.4) is 0 Å². The normalized spacial score (nSPS) is 9.07. The zero-order valence-corrected chi connectivity index (χ0v) is 6.97. The van der Waals surface area contributed by atoms with E-state index >= 15 is 0 Å². The van der Waals surface area contributed by atoms with Crippen LogP contribution in [0.5, 0.6) is 0 Å². The third-order valence-electron chi connectivity index (χ3n) is 1.20. The van der Waals surface area contributed by atoms with Crippen LogP contribution in [-0.4, -0.2) is 20.9 Å². The van der Waals surface area contributed by atoms with Gasteiger partial charge in [0.2, 0.25) is 17.9 Å². The Hall–Kier alpha value is -2.63. The fourth-order valence-electron chi connectivity index (χ4n) is 0.704. The van der Waals surface area contributed by atoms with Crippen LogP contribution in [0.2, 0.25) is 0 Å². The second-order valence-electron chi connectivity index (χ2n) is 2.17. The Morgan fingerprint density at radius 3 is 2.14 bits per heavy atom. The van der Waals surface area contributed by atoms with E-state index in [1.807, 2.05) is 0 Å². The summed E-state index contributed by atoms with van der Waals surface area (Å²) in [7, 11) is 0. The van der Waals surface area contributed by atoms with Gasteiger partial charge in [-0.15, -0.1) is 0 Å². The van der Waals surface area contributed by atoms with E-state index in [4.69, 9.17) is 27.9 Å². The van der Waals surface area contributed by atoms with Crippen LogP contribution in [0.25, 0.3) is 0 Å². The molecule has 1 aromatic heterocycles. The smallest absolute Gasteiger partial charge is 0.252 e. The molecular weight excluding hydrogens is 186 g/mol. The Morgan fingerprint density at radius 2 is 1.79 bits per heavy atom. The van der Waals surface area contributed by atoms with Crippen molar-refractivity contribution in [2.75, 3.05) is 16.4 Å². The lowest BCUT2D eigenvalue weighted by Gasteiger charge is -2.10. The first-order chi connectivity index (χ1) is 6.54. The molecule has 0 spiro atoms. The minimum absolute atomic E-state index is 0.144. The lowest BCUT2D eigenvalue weighted by molar-refractivity contribution is 1.04. The first-order valence-electron chi connectivity index (χ1n) is 3.35. The van der Waals surface area contributed by atoms with Crippen molar-refractivity contribution < 1.29 is 0 Å². The minimum Gasteiger partial charge on any atom is -0.369 e. The van der Waals surface area contributed by atoms with Crippen molar-refractivity contribution in [2.45, 2.75) is 0 Å². The highest BCUT2D eigenvalue weighted by molar-refractivity contribution is 5.93. The van der Waals surface area contributed by atoms with Crippen molar-refractivity contribution in [2.24, 2.45) is 5.73 Å². The SMILES string of the molecule is N#CN(C(=N)N)c1nc(N)nc(N)n1. The molecule has 9 nitrogen and oxygen atoms in total. The lowest BCUT2D eigenvalue weighted by atomic mass is 10.7. The van der Waals surface area contributed by atoms with E-state index in [0.29, 0.717) is 4.90 Å². The fraction of sp³-hybridized carbons (Fsp3) is 0. The van der Waals surface area contributed by atoms with Crippen LogP contribution in [-0.2, 0) is 0 Å². The first-order valence-corrected chi connectivity index (χ1v) is 3.35. The van der Waals surface area contributed by atoms with Crippen molar-refractivity contribution in [1.29, 1.82) is 10.7 Å². The maximum Gasteiger partial charge on any atom is 0.252 e. The number of hydrogen-bond acceptors (Lipinski definition) is 7. The molecule has 0 aliphatic heterocycles. The summed E-state index contributed by atoms with van der Waals surface area (Å²) < 4.78 is 0. The van der Waals surface area contributed by atoms with Crippen LogP contribution in [0.4, 0.5) is 17.8 Å². The van der Waals surface area contributed by atoms with E-state index in [2.05, 4.69) is 15.0 Å². The maximum atomic E-state index is 8.60. The molecule has 0 aliphatic rings. The maximum absolute atomic E-state index is 8.60. The molecule has 0 unspecified atom stereocenters. The molecule has 0 amide bonds. The molecule has 9 heteroatoms. The second kappa shape index (κ2) is 3.40. The number of nitrogens with zero attached hydrogens (tertiary/aromatic N) is 5. The average Bonchev–Trinajstić information content (AvgIpc) is 2.02. The van der Waals surface area contributed by atoms with Crippen LogP contribution in [0.1, 0.15) is 0 Å². The summed E-state index contributed by atoms with van der Waals surface area (Å²) in [6, 6.07) is 0. The number of guanidine groups is 1. The van der Waals surface area contributed by atoms with Gasteiger partial charge in [0.25, 0.3) is 5.95 Å². The molecule has 0 aromatic carbocycles. The van der Waals surface area contributed by atoms with Crippen LogP contribution in [0, 0.1) is 16.9 Å². The zero-order valence-electron chi connectivity index (χ0n) is 6.97. The molecule has 0 aliphatic carbocycles. The first kappa shape index (κ1) is 9.46. The Kier molecular flexibility index (Phi) is 2.30.